The first-order valence-corrected chi connectivity index (χ1v) is 8.88. The number of nitrogens with zero attached hydrogens (tertiary/aromatic N) is 1. The number of amides is 1. The van der Waals surface area contributed by atoms with E-state index in [0.29, 0.717) is 31.2 Å². The van der Waals surface area contributed by atoms with Gasteiger partial charge in [-0.3, -0.25) is 4.79 Å². The van der Waals surface area contributed by atoms with Gasteiger partial charge >= 0.3 is 0 Å². The summed E-state index contributed by atoms with van der Waals surface area (Å²) in [5.41, 5.74) is 0.413. The van der Waals surface area contributed by atoms with Crippen molar-refractivity contribution in [2.45, 2.75) is 37.2 Å². The largest absolute Gasteiger partial charge is 0.493 e. The van der Waals surface area contributed by atoms with Crippen LogP contribution >= 0.6 is 0 Å². The summed E-state index contributed by atoms with van der Waals surface area (Å²) >= 11 is 0. The van der Waals surface area contributed by atoms with E-state index in [9.17, 15) is 9.90 Å². The molecule has 6 heteroatoms. The van der Waals surface area contributed by atoms with Crippen LogP contribution < -0.4 is 9.47 Å². The predicted molar refractivity (Wildman–Crippen MR) is 93.1 cm³/mol. The fourth-order valence-corrected chi connectivity index (χ4v) is 4.02. The molecule has 1 saturated heterocycles. The Balaban J connectivity index is 1.95. The minimum atomic E-state index is -0.629. The second kappa shape index (κ2) is 7.62. The van der Waals surface area contributed by atoms with Crippen molar-refractivity contribution < 1.29 is 24.1 Å². The molecule has 1 aliphatic heterocycles. The molecule has 0 radical (unpaired) electrons. The molecule has 2 fully saturated rings. The summed E-state index contributed by atoms with van der Waals surface area (Å²) in [6.45, 7) is 1.59. The summed E-state index contributed by atoms with van der Waals surface area (Å²) in [4.78, 5) is 15.2. The molecule has 0 bridgehead atoms. The smallest absolute Gasteiger partial charge is 0.233 e. The first-order valence-electron chi connectivity index (χ1n) is 8.88. The lowest BCUT2D eigenvalue weighted by molar-refractivity contribution is -0.138. The second-order valence-corrected chi connectivity index (χ2v) is 6.84. The molecule has 3 rings (SSSR count). The molecule has 0 aromatic heterocycles. The van der Waals surface area contributed by atoms with Gasteiger partial charge in [-0.25, -0.2) is 0 Å². The summed E-state index contributed by atoms with van der Waals surface area (Å²) in [5, 5.41) is 10.0. The molecule has 1 aromatic carbocycles. The number of β-amino-alcohol motifs (C(OH)–C–C–N with tert-alkyl or cyclic N) is 1. The number of benzene rings is 1. The van der Waals surface area contributed by atoms with Gasteiger partial charge in [-0.15, -0.1) is 0 Å². The van der Waals surface area contributed by atoms with Crippen LogP contribution in [0.25, 0.3) is 0 Å². The topological polar surface area (TPSA) is 68.2 Å². The maximum atomic E-state index is 13.5. The van der Waals surface area contributed by atoms with E-state index in [1.54, 1.807) is 19.1 Å². The maximum absolute atomic E-state index is 13.5. The average molecular weight is 349 g/mol. The van der Waals surface area contributed by atoms with Crippen molar-refractivity contribution in [2.24, 2.45) is 0 Å². The molecule has 1 N–H and O–H groups in total. The Kier molecular flexibility index (Phi) is 5.49. The Morgan fingerprint density at radius 2 is 1.96 bits per heavy atom. The molecule has 25 heavy (non-hydrogen) atoms. The number of aliphatic hydroxyl groups is 1. The lowest BCUT2D eigenvalue weighted by Gasteiger charge is -2.35. The number of hydrogen-bond donors (Lipinski definition) is 1. The lowest BCUT2D eigenvalue weighted by atomic mass is 9.77. The normalized spacial score (nSPS) is 23.2. The summed E-state index contributed by atoms with van der Waals surface area (Å²) < 4.78 is 16.1. The number of carbonyl (C=O) groups excluding carboxylic acids is 1. The van der Waals surface area contributed by atoms with E-state index in [2.05, 4.69) is 0 Å². The van der Waals surface area contributed by atoms with E-state index >= 15 is 0 Å². The third kappa shape index (κ3) is 3.46. The first kappa shape index (κ1) is 18.0. The monoisotopic (exact) mass is 349 g/mol. The van der Waals surface area contributed by atoms with Crippen molar-refractivity contribution in [3.8, 4) is 11.5 Å². The van der Waals surface area contributed by atoms with Gasteiger partial charge in [0.25, 0.3) is 0 Å². The van der Waals surface area contributed by atoms with Crippen LogP contribution in [0.4, 0.5) is 0 Å². The van der Waals surface area contributed by atoms with Crippen LogP contribution in [-0.2, 0) is 14.9 Å². The molecule has 138 valence electrons. The standard InChI is InChI=1S/C19H27NO5/c1-23-16-6-5-14(11-17(16)24-2)19(7-3-4-8-19)18(22)20-9-10-25-13-15(21)12-20/h5-6,11,15,21H,3-4,7-10,12-13H2,1-2H3/t15-/m0/s1. The second-order valence-electron chi connectivity index (χ2n) is 6.84. The van der Waals surface area contributed by atoms with Gasteiger partial charge < -0.3 is 24.2 Å². The van der Waals surface area contributed by atoms with Crippen LogP contribution in [0.5, 0.6) is 11.5 Å². The highest BCUT2D eigenvalue weighted by Gasteiger charge is 2.45. The molecule has 1 saturated carbocycles. The highest BCUT2D eigenvalue weighted by Crippen LogP contribution is 2.45. The minimum Gasteiger partial charge on any atom is -0.493 e. The van der Waals surface area contributed by atoms with Crippen molar-refractivity contribution in [3.05, 3.63) is 23.8 Å². The zero-order chi connectivity index (χ0) is 17.9. The van der Waals surface area contributed by atoms with E-state index in [-0.39, 0.29) is 12.5 Å². The third-order valence-corrected chi connectivity index (χ3v) is 5.34. The van der Waals surface area contributed by atoms with E-state index in [1.807, 2.05) is 18.2 Å². The number of methoxy groups -OCH3 is 2. The number of rotatable bonds is 4. The Bertz CT molecular complexity index is 612. The summed E-state index contributed by atoms with van der Waals surface area (Å²) in [7, 11) is 3.21. The fourth-order valence-electron chi connectivity index (χ4n) is 4.02. The lowest BCUT2D eigenvalue weighted by Crippen LogP contribution is -2.48. The van der Waals surface area contributed by atoms with Crippen LogP contribution in [0.1, 0.15) is 31.2 Å². The van der Waals surface area contributed by atoms with Gasteiger partial charge in [0.05, 0.1) is 39.0 Å². The zero-order valence-corrected chi connectivity index (χ0v) is 15.0. The van der Waals surface area contributed by atoms with E-state index in [4.69, 9.17) is 14.2 Å². The van der Waals surface area contributed by atoms with Gasteiger partial charge in [0, 0.05) is 13.1 Å². The highest BCUT2D eigenvalue weighted by atomic mass is 16.5. The summed E-state index contributed by atoms with van der Waals surface area (Å²) in [6.07, 6.45) is 3.04. The Morgan fingerprint density at radius 3 is 2.64 bits per heavy atom. The molecular weight excluding hydrogens is 322 g/mol. The van der Waals surface area contributed by atoms with Crippen LogP contribution in [0.15, 0.2) is 18.2 Å². The molecule has 2 aliphatic rings. The molecule has 1 aromatic rings. The van der Waals surface area contributed by atoms with Crippen LogP contribution in [-0.4, -0.2) is 62.5 Å². The molecule has 1 amide bonds. The number of hydrogen-bond acceptors (Lipinski definition) is 5. The average Bonchev–Trinajstić information content (AvgIpc) is 3.04. The van der Waals surface area contributed by atoms with Crippen LogP contribution in [0.2, 0.25) is 0 Å². The zero-order valence-electron chi connectivity index (χ0n) is 15.0. The quantitative estimate of drug-likeness (QED) is 0.897. The van der Waals surface area contributed by atoms with Crippen LogP contribution in [0, 0.1) is 0 Å². The van der Waals surface area contributed by atoms with Gasteiger partial charge in [-0.2, -0.15) is 0 Å². The summed E-state index contributed by atoms with van der Waals surface area (Å²) in [5.74, 6) is 1.38. The minimum absolute atomic E-state index is 0.0850. The molecule has 0 unspecified atom stereocenters. The first-order chi connectivity index (χ1) is 12.1. The highest BCUT2D eigenvalue weighted by molar-refractivity contribution is 5.89. The van der Waals surface area contributed by atoms with Crippen molar-refractivity contribution >= 4 is 5.91 Å². The van der Waals surface area contributed by atoms with Crippen molar-refractivity contribution in [3.63, 3.8) is 0 Å². The van der Waals surface area contributed by atoms with Gasteiger partial charge in [0.15, 0.2) is 11.5 Å². The fraction of sp³-hybridized carbons (Fsp3) is 0.632. The van der Waals surface area contributed by atoms with Crippen molar-refractivity contribution in [1.82, 2.24) is 4.90 Å². The molecule has 6 nitrogen and oxygen atoms in total. The third-order valence-electron chi connectivity index (χ3n) is 5.34. The summed E-state index contributed by atoms with van der Waals surface area (Å²) in [6, 6.07) is 5.75. The Labute approximate surface area is 148 Å². The molecule has 1 atom stereocenters. The molecule has 1 aliphatic carbocycles. The van der Waals surface area contributed by atoms with Gasteiger partial charge in [0.2, 0.25) is 5.91 Å². The molecular formula is C19H27NO5. The van der Waals surface area contributed by atoms with Gasteiger partial charge in [0.1, 0.15) is 0 Å². The number of aliphatic hydroxyl groups excluding tert-OH is 1. The molecule has 0 spiro atoms. The van der Waals surface area contributed by atoms with E-state index in [0.717, 1.165) is 31.2 Å². The van der Waals surface area contributed by atoms with E-state index < -0.39 is 11.5 Å². The number of ether oxygens (including phenoxy) is 3. The van der Waals surface area contributed by atoms with Gasteiger partial charge in [-0.1, -0.05) is 18.9 Å². The van der Waals surface area contributed by atoms with E-state index in [1.165, 1.54) is 0 Å². The molecule has 1 heterocycles. The number of carbonyl (C=O) groups is 1. The van der Waals surface area contributed by atoms with Crippen LogP contribution in [0.3, 0.4) is 0 Å². The van der Waals surface area contributed by atoms with Gasteiger partial charge in [-0.05, 0) is 30.5 Å². The Morgan fingerprint density at radius 1 is 1.24 bits per heavy atom. The van der Waals surface area contributed by atoms with Crippen molar-refractivity contribution in [1.29, 1.82) is 0 Å². The van der Waals surface area contributed by atoms with Crippen molar-refractivity contribution in [2.75, 3.05) is 40.5 Å². The SMILES string of the molecule is COc1ccc(C2(C(=O)N3CCOC[C@@H](O)C3)CCCC2)cc1OC. The Hall–Kier alpha value is -1.79. The maximum Gasteiger partial charge on any atom is 0.233 e. The predicted octanol–water partition coefficient (Wildman–Crippen LogP) is 1.74.